The van der Waals surface area contributed by atoms with Crippen molar-refractivity contribution in [1.82, 2.24) is 9.38 Å². The summed E-state index contributed by atoms with van der Waals surface area (Å²) in [6.45, 7) is 6.25. The SMILES string of the molecule is CCOc1cccn2c(C(=O)Nc3ccc(Br)cc3C)c(C)nc12. The second-order valence-electron chi connectivity index (χ2n) is 5.46. The maximum Gasteiger partial charge on any atom is 0.274 e. The van der Waals surface area contributed by atoms with Gasteiger partial charge in [0.15, 0.2) is 11.4 Å². The Morgan fingerprint density at radius 1 is 1.33 bits per heavy atom. The van der Waals surface area contributed by atoms with Gasteiger partial charge in [0.1, 0.15) is 5.69 Å². The summed E-state index contributed by atoms with van der Waals surface area (Å²) in [4.78, 5) is 17.3. The van der Waals surface area contributed by atoms with Crippen molar-refractivity contribution < 1.29 is 9.53 Å². The van der Waals surface area contributed by atoms with E-state index in [2.05, 4.69) is 26.2 Å². The van der Waals surface area contributed by atoms with Crippen LogP contribution in [0.25, 0.3) is 5.65 Å². The van der Waals surface area contributed by atoms with Gasteiger partial charge in [0, 0.05) is 16.4 Å². The van der Waals surface area contributed by atoms with E-state index in [1.807, 2.05) is 57.3 Å². The number of aryl methyl sites for hydroxylation is 2. The topological polar surface area (TPSA) is 55.6 Å². The number of nitrogens with zero attached hydrogens (tertiary/aromatic N) is 2. The summed E-state index contributed by atoms with van der Waals surface area (Å²) in [7, 11) is 0. The minimum atomic E-state index is -0.195. The molecule has 3 aromatic rings. The number of amides is 1. The summed E-state index contributed by atoms with van der Waals surface area (Å²) in [6, 6.07) is 9.44. The molecule has 124 valence electrons. The highest BCUT2D eigenvalue weighted by Crippen LogP contribution is 2.24. The molecule has 0 aliphatic rings. The van der Waals surface area contributed by atoms with Crippen LogP contribution in [0.5, 0.6) is 5.75 Å². The molecule has 1 N–H and O–H groups in total. The molecule has 0 aliphatic carbocycles. The number of aromatic nitrogens is 2. The molecule has 0 spiro atoms. The van der Waals surface area contributed by atoms with Crippen molar-refractivity contribution in [2.24, 2.45) is 0 Å². The summed E-state index contributed by atoms with van der Waals surface area (Å²) < 4.78 is 8.34. The van der Waals surface area contributed by atoms with Gasteiger partial charge in [0.05, 0.1) is 12.3 Å². The van der Waals surface area contributed by atoms with Crippen LogP contribution in [0, 0.1) is 13.8 Å². The Labute approximate surface area is 148 Å². The van der Waals surface area contributed by atoms with Gasteiger partial charge in [-0.05, 0) is 56.7 Å². The fraction of sp³-hybridized carbons (Fsp3) is 0.222. The average molecular weight is 388 g/mol. The van der Waals surface area contributed by atoms with Crippen molar-refractivity contribution in [3.05, 3.63) is 58.0 Å². The molecule has 1 aromatic carbocycles. The van der Waals surface area contributed by atoms with Crippen molar-refractivity contribution in [1.29, 1.82) is 0 Å². The van der Waals surface area contributed by atoms with E-state index in [0.717, 1.165) is 15.7 Å². The van der Waals surface area contributed by atoms with Crippen LogP contribution in [0.4, 0.5) is 5.69 Å². The van der Waals surface area contributed by atoms with Crippen LogP contribution in [0.15, 0.2) is 41.0 Å². The van der Waals surface area contributed by atoms with Crippen LogP contribution in [0.1, 0.15) is 28.7 Å². The summed E-state index contributed by atoms with van der Waals surface area (Å²) in [5, 5.41) is 2.96. The summed E-state index contributed by atoms with van der Waals surface area (Å²) in [5.41, 5.74) is 3.58. The van der Waals surface area contributed by atoms with E-state index in [9.17, 15) is 4.79 Å². The Kier molecular flexibility index (Phi) is 4.57. The monoisotopic (exact) mass is 387 g/mol. The van der Waals surface area contributed by atoms with Crippen molar-refractivity contribution >= 4 is 33.2 Å². The van der Waals surface area contributed by atoms with Crippen molar-refractivity contribution in [2.75, 3.05) is 11.9 Å². The van der Waals surface area contributed by atoms with Gasteiger partial charge in [-0.15, -0.1) is 0 Å². The number of ether oxygens (including phenoxy) is 1. The molecular weight excluding hydrogens is 370 g/mol. The van der Waals surface area contributed by atoms with Gasteiger partial charge in [-0.1, -0.05) is 15.9 Å². The van der Waals surface area contributed by atoms with E-state index in [1.54, 1.807) is 4.40 Å². The van der Waals surface area contributed by atoms with E-state index in [1.165, 1.54) is 0 Å². The summed E-state index contributed by atoms with van der Waals surface area (Å²) in [5.74, 6) is 0.473. The molecule has 1 amide bonds. The summed E-state index contributed by atoms with van der Waals surface area (Å²) >= 11 is 3.43. The van der Waals surface area contributed by atoms with Crippen LogP contribution in [-0.4, -0.2) is 21.9 Å². The molecule has 24 heavy (non-hydrogen) atoms. The molecule has 0 aliphatic heterocycles. The number of imidazole rings is 1. The third-order valence-corrected chi connectivity index (χ3v) is 4.23. The number of nitrogens with one attached hydrogen (secondary N) is 1. The van der Waals surface area contributed by atoms with E-state index in [4.69, 9.17) is 4.74 Å². The second kappa shape index (κ2) is 6.65. The molecule has 6 heteroatoms. The van der Waals surface area contributed by atoms with Gasteiger partial charge in [-0.3, -0.25) is 9.20 Å². The van der Waals surface area contributed by atoms with Crippen LogP contribution in [-0.2, 0) is 0 Å². The van der Waals surface area contributed by atoms with Crippen molar-refractivity contribution in [2.45, 2.75) is 20.8 Å². The van der Waals surface area contributed by atoms with E-state index in [0.29, 0.717) is 29.4 Å². The minimum absolute atomic E-state index is 0.195. The lowest BCUT2D eigenvalue weighted by Gasteiger charge is -2.10. The van der Waals surface area contributed by atoms with Crippen molar-refractivity contribution in [3.63, 3.8) is 0 Å². The van der Waals surface area contributed by atoms with Gasteiger partial charge in [-0.25, -0.2) is 4.98 Å². The van der Waals surface area contributed by atoms with Crippen molar-refractivity contribution in [3.8, 4) is 5.75 Å². The maximum absolute atomic E-state index is 12.8. The normalized spacial score (nSPS) is 10.8. The molecule has 2 heterocycles. The zero-order valence-corrected chi connectivity index (χ0v) is 15.3. The molecule has 5 nitrogen and oxygen atoms in total. The highest BCUT2D eigenvalue weighted by molar-refractivity contribution is 9.10. The van der Waals surface area contributed by atoms with E-state index < -0.39 is 0 Å². The molecule has 0 saturated heterocycles. The van der Waals surface area contributed by atoms with Crippen LogP contribution in [0.3, 0.4) is 0 Å². The Hall–Kier alpha value is -2.34. The molecule has 0 saturated carbocycles. The highest BCUT2D eigenvalue weighted by atomic mass is 79.9. The maximum atomic E-state index is 12.8. The molecule has 0 bridgehead atoms. The number of carbonyl (C=O) groups excluding carboxylic acids is 1. The number of benzene rings is 1. The molecule has 0 radical (unpaired) electrons. The van der Waals surface area contributed by atoms with E-state index in [-0.39, 0.29) is 5.91 Å². The third-order valence-electron chi connectivity index (χ3n) is 3.74. The zero-order chi connectivity index (χ0) is 17.3. The molecular formula is C18H18BrN3O2. The fourth-order valence-corrected chi connectivity index (χ4v) is 3.12. The predicted octanol–water partition coefficient (Wildman–Crippen LogP) is 4.36. The Morgan fingerprint density at radius 3 is 2.83 bits per heavy atom. The van der Waals surface area contributed by atoms with Gasteiger partial charge < -0.3 is 10.1 Å². The number of hydrogen-bond donors (Lipinski definition) is 1. The highest BCUT2D eigenvalue weighted by Gasteiger charge is 2.19. The standard InChI is InChI=1S/C18H18BrN3O2/c1-4-24-15-6-5-9-22-16(12(3)20-17(15)22)18(23)21-14-8-7-13(19)10-11(14)2/h5-10H,4H2,1-3H3,(H,21,23). The van der Waals surface area contributed by atoms with Gasteiger partial charge >= 0.3 is 0 Å². The first-order chi connectivity index (χ1) is 11.5. The average Bonchev–Trinajstić information content (AvgIpc) is 2.87. The third kappa shape index (κ3) is 3.01. The molecule has 0 atom stereocenters. The first-order valence-corrected chi connectivity index (χ1v) is 8.48. The number of pyridine rings is 1. The molecule has 0 fully saturated rings. The largest absolute Gasteiger partial charge is 0.490 e. The van der Waals surface area contributed by atoms with Gasteiger partial charge in [0.25, 0.3) is 5.91 Å². The lowest BCUT2D eigenvalue weighted by molar-refractivity contribution is 0.102. The van der Waals surface area contributed by atoms with Crippen LogP contribution < -0.4 is 10.1 Å². The first-order valence-electron chi connectivity index (χ1n) is 7.69. The quantitative estimate of drug-likeness (QED) is 0.723. The first kappa shape index (κ1) is 16.5. The van der Waals surface area contributed by atoms with E-state index >= 15 is 0 Å². The summed E-state index contributed by atoms with van der Waals surface area (Å²) in [6.07, 6.45) is 1.82. The fourth-order valence-electron chi connectivity index (χ4n) is 2.65. The Bertz CT molecular complexity index is 918. The molecule has 2 aromatic heterocycles. The van der Waals surface area contributed by atoms with Gasteiger partial charge in [0.2, 0.25) is 0 Å². The van der Waals surface area contributed by atoms with Crippen LogP contribution >= 0.6 is 15.9 Å². The number of carbonyl (C=O) groups is 1. The minimum Gasteiger partial charge on any atom is -0.490 e. The zero-order valence-electron chi connectivity index (χ0n) is 13.8. The van der Waals surface area contributed by atoms with Gasteiger partial charge in [-0.2, -0.15) is 0 Å². The Balaban J connectivity index is 2.01. The van der Waals surface area contributed by atoms with Crippen LogP contribution in [0.2, 0.25) is 0 Å². The number of hydrogen-bond acceptors (Lipinski definition) is 3. The number of fused-ring (bicyclic) bond motifs is 1. The lowest BCUT2D eigenvalue weighted by atomic mass is 10.2. The second-order valence-corrected chi connectivity index (χ2v) is 6.37. The number of halogens is 1. The lowest BCUT2D eigenvalue weighted by Crippen LogP contribution is -2.16. The number of rotatable bonds is 4. The molecule has 0 unspecified atom stereocenters. The smallest absolute Gasteiger partial charge is 0.274 e. The number of anilines is 1. The molecule has 3 rings (SSSR count). The predicted molar refractivity (Wildman–Crippen MR) is 97.9 cm³/mol. The Morgan fingerprint density at radius 2 is 2.12 bits per heavy atom.